The maximum Gasteiger partial charge on any atom is 0.131 e. The fourth-order valence-corrected chi connectivity index (χ4v) is 3.52. The van der Waals surface area contributed by atoms with E-state index in [1.165, 1.54) is 32.4 Å². The largest absolute Gasteiger partial charge is 0.366 e. The third-order valence-corrected chi connectivity index (χ3v) is 4.15. The van der Waals surface area contributed by atoms with Gasteiger partial charge in [-0.15, -0.1) is 0 Å². The lowest BCUT2D eigenvalue weighted by Gasteiger charge is -2.21. The van der Waals surface area contributed by atoms with Crippen LogP contribution in [-0.2, 0) is 0 Å². The molecular weight excluding hydrogens is 280 g/mol. The lowest BCUT2D eigenvalue weighted by Crippen LogP contribution is -2.34. The molecule has 17 heavy (non-hydrogen) atoms. The van der Waals surface area contributed by atoms with Gasteiger partial charge in [0.15, 0.2) is 0 Å². The lowest BCUT2D eigenvalue weighted by molar-refractivity contribution is 0.318. The van der Waals surface area contributed by atoms with Crippen molar-refractivity contribution in [3.8, 4) is 0 Å². The van der Waals surface area contributed by atoms with Crippen LogP contribution in [0.4, 0.5) is 5.82 Å². The van der Waals surface area contributed by atoms with E-state index in [1.807, 2.05) is 13.0 Å². The number of nitrogens with one attached hydrogen (secondary N) is 1. The summed E-state index contributed by atoms with van der Waals surface area (Å²) < 4.78 is 0.855. The van der Waals surface area contributed by atoms with E-state index in [0.29, 0.717) is 12.1 Å². The summed E-state index contributed by atoms with van der Waals surface area (Å²) in [5, 5.41) is 3.57. The quantitative estimate of drug-likeness (QED) is 0.850. The summed E-state index contributed by atoms with van der Waals surface area (Å²) >= 11 is 3.42. The molecule has 3 heterocycles. The van der Waals surface area contributed by atoms with E-state index in [0.717, 1.165) is 16.2 Å². The minimum atomic E-state index is 0.554. The molecule has 1 N–H and O–H groups in total. The van der Waals surface area contributed by atoms with Crippen molar-refractivity contribution >= 4 is 21.7 Å². The van der Waals surface area contributed by atoms with Crippen LogP contribution in [0.2, 0.25) is 0 Å². The third-order valence-electron chi connectivity index (χ3n) is 3.75. The zero-order valence-corrected chi connectivity index (χ0v) is 11.6. The molecule has 92 valence electrons. The minimum absolute atomic E-state index is 0.554. The first-order valence-corrected chi connectivity index (χ1v) is 7.03. The Balaban J connectivity index is 1.74. The molecule has 0 radical (unpaired) electrons. The van der Waals surface area contributed by atoms with Gasteiger partial charge < -0.3 is 5.32 Å². The Kier molecular flexibility index (Phi) is 3.04. The number of halogens is 1. The first-order valence-electron chi connectivity index (χ1n) is 6.24. The fourth-order valence-electron chi connectivity index (χ4n) is 3.05. The van der Waals surface area contributed by atoms with E-state index < -0.39 is 0 Å². The van der Waals surface area contributed by atoms with E-state index in [4.69, 9.17) is 0 Å². The fraction of sp³-hybridized carbons (Fsp3) is 0.667. The SMILES string of the molecule is Cc1nc(Br)cc(NC2CCN3CCCC23)n1. The molecule has 0 spiro atoms. The number of anilines is 1. The van der Waals surface area contributed by atoms with Crippen molar-refractivity contribution in [3.05, 3.63) is 16.5 Å². The summed E-state index contributed by atoms with van der Waals surface area (Å²) in [6.45, 7) is 4.43. The van der Waals surface area contributed by atoms with Gasteiger partial charge in [-0.1, -0.05) is 0 Å². The predicted octanol–water partition coefficient (Wildman–Crippen LogP) is 2.20. The first kappa shape index (κ1) is 11.4. The molecule has 0 aliphatic carbocycles. The molecule has 2 fully saturated rings. The van der Waals surface area contributed by atoms with Crippen LogP contribution < -0.4 is 5.32 Å². The van der Waals surface area contributed by atoms with Gasteiger partial charge in [-0.05, 0) is 48.7 Å². The molecule has 1 aromatic heterocycles. The number of hydrogen-bond donors (Lipinski definition) is 1. The molecule has 0 bridgehead atoms. The highest BCUT2D eigenvalue weighted by Crippen LogP contribution is 2.30. The van der Waals surface area contributed by atoms with Crippen molar-refractivity contribution in [1.29, 1.82) is 0 Å². The number of hydrogen-bond acceptors (Lipinski definition) is 4. The van der Waals surface area contributed by atoms with E-state index in [-0.39, 0.29) is 0 Å². The Bertz CT molecular complexity index is 403. The summed E-state index contributed by atoms with van der Waals surface area (Å²) in [4.78, 5) is 11.3. The van der Waals surface area contributed by atoms with Crippen molar-refractivity contribution in [2.24, 2.45) is 0 Å². The van der Waals surface area contributed by atoms with Crippen LogP contribution in [-0.4, -0.2) is 40.0 Å². The standard InChI is InChI=1S/C12H17BrN4/c1-8-14-11(13)7-12(15-8)16-9-4-6-17-5-2-3-10(9)17/h7,9-10H,2-6H2,1H3,(H,14,15,16). The van der Waals surface area contributed by atoms with Crippen molar-refractivity contribution in [2.45, 2.75) is 38.3 Å². The normalized spacial score (nSPS) is 28.4. The highest BCUT2D eigenvalue weighted by molar-refractivity contribution is 9.10. The molecular formula is C12H17BrN4. The molecule has 2 aliphatic heterocycles. The van der Waals surface area contributed by atoms with E-state index in [9.17, 15) is 0 Å². The molecule has 2 saturated heterocycles. The minimum Gasteiger partial charge on any atom is -0.366 e. The van der Waals surface area contributed by atoms with Gasteiger partial charge in [0.05, 0.1) is 0 Å². The Labute approximate surface area is 110 Å². The first-order chi connectivity index (χ1) is 8.22. The summed E-state index contributed by atoms with van der Waals surface area (Å²) in [5.41, 5.74) is 0. The van der Waals surface area contributed by atoms with Gasteiger partial charge in [0.2, 0.25) is 0 Å². The Morgan fingerprint density at radius 1 is 1.35 bits per heavy atom. The highest BCUT2D eigenvalue weighted by atomic mass is 79.9. The van der Waals surface area contributed by atoms with Crippen LogP contribution in [0.15, 0.2) is 10.7 Å². The van der Waals surface area contributed by atoms with Crippen molar-refractivity contribution in [1.82, 2.24) is 14.9 Å². The summed E-state index contributed by atoms with van der Waals surface area (Å²) in [6.07, 6.45) is 3.89. The maximum absolute atomic E-state index is 4.44. The number of nitrogens with zero attached hydrogens (tertiary/aromatic N) is 3. The van der Waals surface area contributed by atoms with Crippen molar-refractivity contribution in [2.75, 3.05) is 18.4 Å². The molecule has 2 aliphatic rings. The van der Waals surface area contributed by atoms with Crippen LogP contribution in [0.1, 0.15) is 25.1 Å². The molecule has 0 aromatic carbocycles. The van der Waals surface area contributed by atoms with Gasteiger partial charge in [0.25, 0.3) is 0 Å². The van der Waals surface area contributed by atoms with Gasteiger partial charge in [0, 0.05) is 24.7 Å². The molecule has 3 rings (SSSR count). The molecule has 0 saturated carbocycles. The monoisotopic (exact) mass is 296 g/mol. The van der Waals surface area contributed by atoms with E-state index in [2.05, 4.69) is 36.1 Å². The number of rotatable bonds is 2. The number of aromatic nitrogens is 2. The Morgan fingerprint density at radius 3 is 3.06 bits per heavy atom. The summed E-state index contributed by atoms with van der Waals surface area (Å²) in [7, 11) is 0. The Morgan fingerprint density at radius 2 is 2.24 bits per heavy atom. The number of aryl methyl sites for hydroxylation is 1. The number of fused-ring (bicyclic) bond motifs is 1. The molecule has 0 amide bonds. The average molecular weight is 297 g/mol. The van der Waals surface area contributed by atoms with Crippen molar-refractivity contribution in [3.63, 3.8) is 0 Å². The van der Waals surface area contributed by atoms with Crippen LogP contribution in [0.5, 0.6) is 0 Å². The highest BCUT2D eigenvalue weighted by Gasteiger charge is 2.37. The smallest absolute Gasteiger partial charge is 0.131 e. The van der Waals surface area contributed by atoms with Gasteiger partial charge in [-0.2, -0.15) is 0 Å². The predicted molar refractivity (Wildman–Crippen MR) is 71.1 cm³/mol. The second-order valence-electron chi connectivity index (χ2n) is 4.91. The van der Waals surface area contributed by atoms with Gasteiger partial charge in [-0.25, -0.2) is 9.97 Å². The topological polar surface area (TPSA) is 41.1 Å². The molecule has 1 aromatic rings. The van der Waals surface area contributed by atoms with Crippen LogP contribution >= 0.6 is 15.9 Å². The average Bonchev–Trinajstić information content (AvgIpc) is 2.81. The van der Waals surface area contributed by atoms with Crippen LogP contribution in [0.25, 0.3) is 0 Å². The van der Waals surface area contributed by atoms with Gasteiger partial charge >= 0.3 is 0 Å². The van der Waals surface area contributed by atoms with Gasteiger partial charge in [-0.3, -0.25) is 4.90 Å². The molecule has 2 atom stereocenters. The summed E-state index contributed by atoms with van der Waals surface area (Å²) in [5.74, 6) is 1.76. The van der Waals surface area contributed by atoms with Crippen LogP contribution in [0, 0.1) is 6.92 Å². The second kappa shape index (κ2) is 4.53. The van der Waals surface area contributed by atoms with Gasteiger partial charge in [0.1, 0.15) is 16.2 Å². The zero-order chi connectivity index (χ0) is 11.8. The maximum atomic E-state index is 4.44. The third kappa shape index (κ3) is 2.31. The zero-order valence-electron chi connectivity index (χ0n) is 9.99. The molecule has 5 heteroatoms. The van der Waals surface area contributed by atoms with Crippen LogP contribution in [0.3, 0.4) is 0 Å². The lowest BCUT2D eigenvalue weighted by atomic mass is 10.1. The van der Waals surface area contributed by atoms with E-state index >= 15 is 0 Å². The summed E-state index contributed by atoms with van der Waals surface area (Å²) in [6, 6.07) is 3.23. The molecule has 2 unspecified atom stereocenters. The van der Waals surface area contributed by atoms with Crippen molar-refractivity contribution < 1.29 is 0 Å². The molecule has 4 nitrogen and oxygen atoms in total. The Hall–Kier alpha value is -0.680. The van der Waals surface area contributed by atoms with E-state index in [1.54, 1.807) is 0 Å². The second-order valence-corrected chi connectivity index (χ2v) is 5.72.